The molecule has 3 heterocycles. The first-order valence-electron chi connectivity index (χ1n) is 7.69. The molecule has 112 valence electrons. The molecule has 5 heteroatoms. The van der Waals surface area contributed by atoms with E-state index in [1.54, 1.807) is 7.11 Å². The van der Waals surface area contributed by atoms with E-state index in [4.69, 9.17) is 10.5 Å². The molecule has 2 N–H and O–H groups in total. The molecular formula is C16H22N4O. The molecule has 5 nitrogen and oxygen atoms in total. The molecule has 3 aliphatic rings. The van der Waals surface area contributed by atoms with Gasteiger partial charge in [-0.3, -0.25) is 4.99 Å². The molecule has 3 aliphatic heterocycles. The molecule has 21 heavy (non-hydrogen) atoms. The third kappa shape index (κ3) is 1.83. The Hall–Kier alpha value is -1.75. The average molecular weight is 286 g/mol. The van der Waals surface area contributed by atoms with Gasteiger partial charge >= 0.3 is 0 Å². The van der Waals surface area contributed by atoms with Gasteiger partial charge in [-0.2, -0.15) is 0 Å². The van der Waals surface area contributed by atoms with E-state index in [9.17, 15) is 0 Å². The number of hydrogen-bond donors (Lipinski definition) is 1. The van der Waals surface area contributed by atoms with Crippen molar-refractivity contribution in [2.24, 2.45) is 16.6 Å². The number of rotatable bonds is 2. The summed E-state index contributed by atoms with van der Waals surface area (Å²) in [7, 11) is 1.70. The van der Waals surface area contributed by atoms with Gasteiger partial charge < -0.3 is 20.3 Å². The normalized spacial score (nSPS) is 34.3. The quantitative estimate of drug-likeness (QED) is 0.890. The van der Waals surface area contributed by atoms with Crippen molar-refractivity contribution in [3.63, 3.8) is 0 Å². The van der Waals surface area contributed by atoms with Crippen molar-refractivity contribution in [1.82, 2.24) is 4.90 Å². The van der Waals surface area contributed by atoms with Crippen LogP contribution in [-0.4, -0.2) is 49.7 Å². The molecule has 1 aromatic carbocycles. The fourth-order valence-corrected chi connectivity index (χ4v) is 4.26. The van der Waals surface area contributed by atoms with E-state index in [1.165, 1.54) is 19.5 Å². The minimum atomic E-state index is 0.0729. The molecule has 3 unspecified atom stereocenters. The van der Waals surface area contributed by atoms with Crippen molar-refractivity contribution in [1.29, 1.82) is 0 Å². The van der Waals surface area contributed by atoms with E-state index in [1.807, 2.05) is 12.1 Å². The third-order valence-corrected chi connectivity index (χ3v) is 5.39. The SMILES string of the molecule is COc1cccc(N2C(N)=NCC23CCN2CCC3C2)c1. The highest BCUT2D eigenvalue weighted by atomic mass is 16.5. The molecule has 2 bridgehead atoms. The highest BCUT2D eigenvalue weighted by molar-refractivity contribution is 5.98. The lowest BCUT2D eigenvalue weighted by atomic mass is 9.77. The first-order valence-corrected chi connectivity index (χ1v) is 7.69. The lowest BCUT2D eigenvalue weighted by molar-refractivity contribution is 0.182. The second kappa shape index (κ2) is 4.63. The van der Waals surface area contributed by atoms with Crippen molar-refractivity contribution in [2.45, 2.75) is 18.4 Å². The number of fused-ring (bicyclic) bond motifs is 3. The summed E-state index contributed by atoms with van der Waals surface area (Å²) in [4.78, 5) is 9.45. The van der Waals surface area contributed by atoms with Crippen LogP contribution in [0, 0.1) is 5.92 Å². The van der Waals surface area contributed by atoms with Gasteiger partial charge in [-0.1, -0.05) is 6.07 Å². The van der Waals surface area contributed by atoms with Gasteiger partial charge in [0.05, 0.1) is 19.2 Å². The summed E-state index contributed by atoms with van der Waals surface area (Å²) in [6.45, 7) is 4.38. The molecule has 2 fully saturated rings. The Bertz CT molecular complexity index is 587. The minimum Gasteiger partial charge on any atom is -0.497 e. The van der Waals surface area contributed by atoms with Crippen molar-refractivity contribution >= 4 is 11.6 Å². The number of ether oxygens (including phenoxy) is 1. The van der Waals surface area contributed by atoms with Gasteiger partial charge in [-0.25, -0.2) is 0 Å². The minimum absolute atomic E-state index is 0.0729. The lowest BCUT2D eigenvalue weighted by Crippen LogP contribution is -2.60. The Morgan fingerprint density at radius 1 is 1.38 bits per heavy atom. The Labute approximate surface area is 125 Å². The molecule has 0 saturated carbocycles. The number of aliphatic imine (C=N–C) groups is 1. The second-order valence-electron chi connectivity index (χ2n) is 6.35. The maximum atomic E-state index is 6.26. The summed E-state index contributed by atoms with van der Waals surface area (Å²) in [5, 5.41) is 0. The van der Waals surface area contributed by atoms with Crippen molar-refractivity contribution in [3.05, 3.63) is 24.3 Å². The predicted molar refractivity (Wildman–Crippen MR) is 83.9 cm³/mol. The summed E-state index contributed by atoms with van der Waals surface area (Å²) in [6, 6.07) is 8.17. The lowest BCUT2D eigenvalue weighted by Gasteiger charge is -2.46. The van der Waals surface area contributed by atoms with Crippen LogP contribution in [0.5, 0.6) is 5.75 Å². The zero-order valence-corrected chi connectivity index (χ0v) is 12.5. The van der Waals surface area contributed by atoms with E-state index >= 15 is 0 Å². The van der Waals surface area contributed by atoms with Crippen molar-refractivity contribution in [3.8, 4) is 5.75 Å². The van der Waals surface area contributed by atoms with E-state index in [-0.39, 0.29) is 5.54 Å². The number of piperidine rings is 1. The summed E-state index contributed by atoms with van der Waals surface area (Å²) < 4.78 is 5.37. The van der Waals surface area contributed by atoms with Crippen LogP contribution in [0.3, 0.4) is 0 Å². The first-order chi connectivity index (χ1) is 10.2. The number of methoxy groups -OCH3 is 1. The summed E-state index contributed by atoms with van der Waals surface area (Å²) in [5.74, 6) is 2.18. The summed E-state index contributed by atoms with van der Waals surface area (Å²) >= 11 is 0. The Morgan fingerprint density at radius 2 is 2.29 bits per heavy atom. The van der Waals surface area contributed by atoms with Gasteiger partial charge in [0.2, 0.25) is 0 Å². The molecule has 1 spiro atoms. The zero-order chi connectivity index (χ0) is 14.4. The Balaban J connectivity index is 1.75. The fraction of sp³-hybridized carbons (Fsp3) is 0.562. The van der Waals surface area contributed by atoms with Crippen LogP contribution in [0.15, 0.2) is 29.3 Å². The molecule has 0 amide bonds. The summed E-state index contributed by atoms with van der Waals surface area (Å²) in [6.07, 6.45) is 2.39. The van der Waals surface area contributed by atoms with Crippen LogP contribution in [0.25, 0.3) is 0 Å². The highest BCUT2D eigenvalue weighted by Crippen LogP contribution is 2.44. The van der Waals surface area contributed by atoms with E-state index < -0.39 is 0 Å². The van der Waals surface area contributed by atoms with Gasteiger partial charge in [0, 0.05) is 24.8 Å². The number of nitrogens with zero attached hydrogens (tertiary/aromatic N) is 3. The molecule has 0 aromatic heterocycles. The monoisotopic (exact) mass is 286 g/mol. The molecule has 0 radical (unpaired) electrons. The van der Waals surface area contributed by atoms with Crippen LogP contribution in [-0.2, 0) is 0 Å². The van der Waals surface area contributed by atoms with E-state index in [2.05, 4.69) is 26.9 Å². The highest BCUT2D eigenvalue weighted by Gasteiger charge is 2.53. The van der Waals surface area contributed by atoms with Crippen LogP contribution in [0.2, 0.25) is 0 Å². The first kappa shape index (κ1) is 13.0. The van der Waals surface area contributed by atoms with E-state index in [0.717, 1.165) is 30.9 Å². The molecular weight excluding hydrogens is 264 g/mol. The van der Waals surface area contributed by atoms with Gasteiger partial charge in [0.15, 0.2) is 5.96 Å². The maximum Gasteiger partial charge on any atom is 0.196 e. The summed E-state index contributed by atoms with van der Waals surface area (Å²) in [5.41, 5.74) is 7.44. The molecule has 3 atom stereocenters. The van der Waals surface area contributed by atoms with Gasteiger partial charge in [0.1, 0.15) is 5.75 Å². The van der Waals surface area contributed by atoms with Crippen molar-refractivity contribution in [2.75, 3.05) is 38.2 Å². The van der Waals surface area contributed by atoms with Crippen LogP contribution in [0.1, 0.15) is 12.8 Å². The number of hydrogen-bond acceptors (Lipinski definition) is 5. The maximum absolute atomic E-state index is 6.26. The van der Waals surface area contributed by atoms with E-state index in [0.29, 0.717) is 11.9 Å². The number of guanidine groups is 1. The Morgan fingerprint density at radius 3 is 3.14 bits per heavy atom. The Kier molecular flexibility index (Phi) is 2.85. The van der Waals surface area contributed by atoms with Gasteiger partial charge in [-0.05, 0) is 37.4 Å². The largest absolute Gasteiger partial charge is 0.497 e. The van der Waals surface area contributed by atoms with Crippen LogP contribution >= 0.6 is 0 Å². The number of benzene rings is 1. The van der Waals surface area contributed by atoms with Gasteiger partial charge in [-0.15, -0.1) is 0 Å². The molecule has 4 rings (SSSR count). The number of anilines is 1. The predicted octanol–water partition coefficient (Wildman–Crippen LogP) is 1.29. The van der Waals surface area contributed by atoms with Crippen LogP contribution in [0.4, 0.5) is 5.69 Å². The number of nitrogens with two attached hydrogens (primary N) is 1. The van der Waals surface area contributed by atoms with Crippen LogP contribution < -0.4 is 15.4 Å². The van der Waals surface area contributed by atoms with Gasteiger partial charge in [0.25, 0.3) is 0 Å². The molecule has 1 aromatic rings. The van der Waals surface area contributed by atoms with Crippen molar-refractivity contribution < 1.29 is 4.74 Å². The fourth-order valence-electron chi connectivity index (χ4n) is 4.26. The smallest absolute Gasteiger partial charge is 0.196 e. The standard InChI is InChI=1S/C16H22N4O/c1-21-14-4-2-3-13(9-14)20-15(17)18-11-16(20)6-8-19-7-5-12(16)10-19/h2-4,9,12H,5-8,10-11H2,1H3,(H2,17,18). The zero-order valence-electron chi connectivity index (χ0n) is 12.5. The third-order valence-electron chi connectivity index (χ3n) is 5.39. The molecule has 2 saturated heterocycles. The second-order valence-corrected chi connectivity index (χ2v) is 6.35. The topological polar surface area (TPSA) is 54.1 Å². The average Bonchev–Trinajstić information content (AvgIpc) is 3.06. The molecule has 0 aliphatic carbocycles.